The Hall–Kier alpha value is -1.10. The summed E-state index contributed by atoms with van der Waals surface area (Å²) in [5.41, 5.74) is 1.21. The van der Waals surface area contributed by atoms with Gasteiger partial charge >= 0.3 is 0 Å². The second-order valence-corrected chi connectivity index (χ2v) is 7.27. The maximum atomic E-state index is 9.51. The molecule has 0 bridgehead atoms. The minimum Gasteiger partial charge on any atom is -0.493 e. The van der Waals surface area contributed by atoms with E-state index in [2.05, 4.69) is 34.9 Å². The van der Waals surface area contributed by atoms with E-state index in [1.165, 1.54) is 31.4 Å². The minimum absolute atomic E-state index is 0.316. The molecule has 4 heteroatoms. The standard InChI is InChI=1S/C20H32N2O2/c1-17-7-2-3-10-20(17)24-14-6-13-21-11-4-8-18(21)15-22-12-5-9-19(22)16-23/h2-3,7,10,18-19,23H,4-6,8-9,11-16H2,1H3/t18-,19+/m0/s1. The van der Waals surface area contributed by atoms with Crippen LogP contribution in [-0.4, -0.2) is 66.4 Å². The lowest BCUT2D eigenvalue weighted by molar-refractivity contribution is 0.120. The van der Waals surface area contributed by atoms with Crippen LogP contribution in [-0.2, 0) is 0 Å². The molecule has 2 aliphatic heterocycles. The van der Waals surface area contributed by atoms with Crippen molar-refractivity contribution in [3.05, 3.63) is 29.8 Å². The number of aryl methyl sites for hydroxylation is 1. The average Bonchev–Trinajstić information content (AvgIpc) is 3.23. The van der Waals surface area contributed by atoms with Crippen molar-refractivity contribution in [1.29, 1.82) is 0 Å². The molecule has 2 fully saturated rings. The molecular weight excluding hydrogens is 300 g/mol. The third-order valence-corrected chi connectivity index (χ3v) is 5.59. The molecule has 0 radical (unpaired) electrons. The van der Waals surface area contributed by atoms with Gasteiger partial charge in [0.25, 0.3) is 0 Å². The van der Waals surface area contributed by atoms with E-state index in [9.17, 15) is 5.11 Å². The molecule has 0 amide bonds. The van der Waals surface area contributed by atoms with Gasteiger partial charge in [0.05, 0.1) is 13.2 Å². The quantitative estimate of drug-likeness (QED) is 0.743. The van der Waals surface area contributed by atoms with Crippen LogP contribution in [0.1, 0.15) is 37.7 Å². The molecule has 1 aromatic rings. The maximum absolute atomic E-state index is 9.51. The van der Waals surface area contributed by atoms with Crippen LogP contribution in [0.15, 0.2) is 24.3 Å². The Bertz CT molecular complexity index is 508. The lowest BCUT2D eigenvalue weighted by Gasteiger charge is -2.31. The van der Waals surface area contributed by atoms with Gasteiger partial charge in [-0.15, -0.1) is 0 Å². The molecule has 0 aliphatic carbocycles. The van der Waals surface area contributed by atoms with E-state index in [-0.39, 0.29) is 0 Å². The van der Waals surface area contributed by atoms with Gasteiger partial charge in [-0.25, -0.2) is 0 Å². The van der Waals surface area contributed by atoms with E-state index in [1.54, 1.807) is 0 Å². The van der Waals surface area contributed by atoms with Crippen LogP contribution in [0.2, 0.25) is 0 Å². The summed E-state index contributed by atoms with van der Waals surface area (Å²) in [5.74, 6) is 1.01. The first-order valence-corrected chi connectivity index (χ1v) is 9.55. The van der Waals surface area contributed by atoms with Gasteiger partial charge in [-0.1, -0.05) is 18.2 Å². The van der Waals surface area contributed by atoms with Gasteiger partial charge in [0, 0.05) is 25.2 Å². The van der Waals surface area contributed by atoms with Crippen molar-refractivity contribution < 1.29 is 9.84 Å². The molecule has 1 N–H and O–H groups in total. The lowest BCUT2D eigenvalue weighted by Crippen LogP contribution is -2.43. The second-order valence-electron chi connectivity index (χ2n) is 7.27. The number of hydrogen-bond donors (Lipinski definition) is 1. The zero-order valence-electron chi connectivity index (χ0n) is 15.0. The van der Waals surface area contributed by atoms with Crippen LogP contribution in [0, 0.1) is 6.92 Å². The molecule has 2 heterocycles. The Labute approximate surface area is 146 Å². The molecule has 1 aromatic carbocycles. The van der Waals surface area contributed by atoms with Crippen LogP contribution in [0.25, 0.3) is 0 Å². The predicted octanol–water partition coefficient (Wildman–Crippen LogP) is 2.69. The normalized spacial score (nSPS) is 25.4. The number of nitrogens with zero attached hydrogens (tertiary/aromatic N) is 2. The molecule has 2 saturated heterocycles. The van der Waals surface area contributed by atoms with Gasteiger partial charge < -0.3 is 9.84 Å². The number of hydrogen-bond acceptors (Lipinski definition) is 4. The van der Waals surface area contributed by atoms with Gasteiger partial charge in [-0.05, 0) is 63.7 Å². The first kappa shape index (κ1) is 17.7. The van der Waals surface area contributed by atoms with Crippen molar-refractivity contribution >= 4 is 0 Å². The Morgan fingerprint density at radius 2 is 1.83 bits per heavy atom. The van der Waals surface area contributed by atoms with Crippen molar-refractivity contribution in [1.82, 2.24) is 9.80 Å². The molecule has 24 heavy (non-hydrogen) atoms. The van der Waals surface area contributed by atoms with Gasteiger partial charge in [-0.3, -0.25) is 9.80 Å². The number of para-hydroxylation sites is 1. The first-order valence-electron chi connectivity index (χ1n) is 9.55. The summed E-state index contributed by atoms with van der Waals surface area (Å²) in [5, 5.41) is 9.51. The highest BCUT2D eigenvalue weighted by atomic mass is 16.5. The molecule has 4 nitrogen and oxygen atoms in total. The highest BCUT2D eigenvalue weighted by Crippen LogP contribution is 2.23. The second kappa shape index (κ2) is 8.84. The summed E-state index contributed by atoms with van der Waals surface area (Å²) in [7, 11) is 0. The molecule has 0 spiro atoms. The molecule has 134 valence electrons. The van der Waals surface area contributed by atoms with Gasteiger partial charge in [0.2, 0.25) is 0 Å². The third kappa shape index (κ3) is 4.50. The molecule has 2 atom stereocenters. The maximum Gasteiger partial charge on any atom is 0.122 e. The van der Waals surface area contributed by atoms with Crippen LogP contribution >= 0.6 is 0 Å². The van der Waals surface area contributed by atoms with E-state index in [4.69, 9.17) is 4.74 Å². The summed E-state index contributed by atoms with van der Waals surface area (Å²) in [6, 6.07) is 9.30. The van der Waals surface area contributed by atoms with E-state index in [0.29, 0.717) is 18.7 Å². The summed E-state index contributed by atoms with van der Waals surface area (Å²) in [6.07, 6.45) is 6.08. The average molecular weight is 332 g/mol. The lowest BCUT2D eigenvalue weighted by atomic mass is 10.2. The fourth-order valence-corrected chi connectivity index (χ4v) is 4.18. The molecule has 3 rings (SSSR count). The van der Waals surface area contributed by atoms with Crippen molar-refractivity contribution in [2.24, 2.45) is 0 Å². The number of aliphatic hydroxyl groups is 1. The van der Waals surface area contributed by atoms with Crippen LogP contribution < -0.4 is 4.74 Å². The minimum atomic E-state index is 0.316. The number of likely N-dealkylation sites (tertiary alicyclic amines) is 2. The van der Waals surface area contributed by atoms with Crippen molar-refractivity contribution in [3.8, 4) is 5.75 Å². The fraction of sp³-hybridized carbons (Fsp3) is 0.700. The molecule has 2 aliphatic rings. The van der Waals surface area contributed by atoms with Crippen molar-refractivity contribution in [2.75, 3.05) is 39.4 Å². The van der Waals surface area contributed by atoms with Crippen LogP contribution in [0.3, 0.4) is 0 Å². The predicted molar refractivity (Wildman–Crippen MR) is 97.6 cm³/mol. The smallest absolute Gasteiger partial charge is 0.122 e. The fourth-order valence-electron chi connectivity index (χ4n) is 4.18. The van der Waals surface area contributed by atoms with E-state index < -0.39 is 0 Å². The summed E-state index contributed by atoms with van der Waals surface area (Å²) in [6.45, 7) is 7.82. The van der Waals surface area contributed by atoms with Crippen LogP contribution in [0.4, 0.5) is 0 Å². The zero-order valence-corrected chi connectivity index (χ0v) is 15.0. The Kier molecular flexibility index (Phi) is 6.52. The van der Waals surface area contributed by atoms with E-state index >= 15 is 0 Å². The summed E-state index contributed by atoms with van der Waals surface area (Å²) >= 11 is 0. The SMILES string of the molecule is Cc1ccccc1OCCCN1CCC[C@H]1CN1CCC[C@@H]1CO. The number of rotatable bonds is 8. The molecular formula is C20H32N2O2. The largest absolute Gasteiger partial charge is 0.493 e. The van der Waals surface area contributed by atoms with Crippen LogP contribution in [0.5, 0.6) is 5.75 Å². The van der Waals surface area contributed by atoms with E-state index in [1.807, 2.05) is 6.07 Å². The monoisotopic (exact) mass is 332 g/mol. The van der Waals surface area contributed by atoms with E-state index in [0.717, 1.165) is 44.8 Å². The summed E-state index contributed by atoms with van der Waals surface area (Å²) < 4.78 is 5.93. The Morgan fingerprint density at radius 1 is 1.08 bits per heavy atom. The molecule has 0 unspecified atom stereocenters. The number of ether oxygens (including phenoxy) is 1. The number of benzene rings is 1. The number of aliphatic hydroxyl groups excluding tert-OH is 1. The zero-order chi connectivity index (χ0) is 16.8. The summed E-state index contributed by atoms with van der Waals surface area (Å²) in [4.78, 5) is 5.14. The van der Waals surface area contributed by atoms with Crippen molar-refractivity contribution in [2.45, 2.75) is 51.1 Å². The van der Waals surface area contributed by atoms with Gasteiger partial charge in [0.15, 0.2) is 0 Å². The highest BCUT2D eigenvalue weighted by Gasteiger charge is 2.30. The Balaban J connectivity index is 1.40. The van der Waals surface area contributed by atoms with Crippen molar-refractivity contribution in [3.63, 3.8) is 0 Å². The molecule has 0 aromatic heterocycles. The van der Waals surface area contributed by atoms with Gasteiger partial charge in [0.1, 0.15) is 5.75 Å². The molecule has 0 saturated carbocycles. The highest BCUT2D eigenvalue weighted by molar-refractivity contribution is 5.31. The topological polar surface area (TPSA) is 35.9 Å². The third-order valence-electron chi connectivity index (χ3n) is 5.59. The first-order chi connectivity index (χ1) is 11.8. The van der Waals surface area contributed by atoms with Gasteiger partial charge in [-0.2, -0.15) is 0 Å². The Morgan fingerprint density at radius 3 is 2.62 bits per heavy atom.